The van der Waals surface area contributed by atoms with Crippen molar-refractivity contribution in [2.24, 2.45) is 5.92 Å². The number of piperidine rings is 1. The van der Waals surface area contributed by atoms with Crippen LogP contribution in [0.4, 0.5) is 0 Å². The van der Waals surface area contributed by atoms with Crippen molar-refractivity contribution in [1.29, 1.82) is 0 Å². The molecule has 2 fully saturated rings. The van der Waals surface area contributed by atoms with E-state index in [0.717, 1.165) is 50.3 Å². The van der Waals surface area contributed by atoms with Gasteiger partial charge in [0.15, 0.2) is 6.10 Å². The summed E-state index contributed by atoms with van der Waals surface area (Å²) in [5.41, 5.74) is 2.46. The van der Waals surface area contributed by atoms with Crippen LogP contribution in [0.3, 0.4) is 0 Å². The van der Waals surface area contributed by atoms with Gasteiger partial charge >= 0.3 is 0 Å². The Bertz CT molecular complexity index is 875. The second-order valence-electron chi connectivity index (χ2n) is 8.98. The number of β-lactam (4-membered cyclic amide) rings is 1. The van der Waals surface area contributed by atoms with Crippen molar-refractivity contribution in [3.05, 3.63) is 48.0 Å². The second kappa shape index (κ2) is 9.40. The molecule has 1 amide bonds. The van der Waals surface area contributed by atoms with Gasteiger partial charge < -0.3 is 18.9 Å². The highest BCUT2D eigenvalue weighted by atomic mass is 16.5. The molecule has 31 heavy (non-hydrogen) atoms. The third-order valence-electron chi connectivity index (χ3n) is 6.72. The first-order valence-corrected chi connectivity index (χ1v) is 11.2. The Labute approximate surface area is 184 Å². The maximum Gasteiger partial charge on any atom is 0.254 e. The van der Waals surface area contributed by atoms with E-state index in [2.05, 4.69) is 46.5 Å². The van der Waals surface area contributed by atoms with Crippen molar-refractivity contribution in [2.45, 2.75) is 58.0 Å². The second-order valence-corrected chi connectivity index (χ2v) is 8.98. The largest absolute Gasteiger partial charge is 0.496 e. The molecule has 2 aliphatic rings. The molecule has 2 aromatic rings. The molecule has 4 rings (SSSR count). The SMILES string of the molecule is COc1ccc(CN2CCC([C@H]3[C@@H](OC)C(=O)N3C(C)C)CC2)cc1Cn1ccnc1. The molecule has 0 aliphatic carbocycles. The number of likely N-dealkylation sites (tertiary alicyclic amines) is 2. The fourth-order valence-electron chi connectivity index (χ4n) is 5.16. The molecule has 0 spiro atoms. The van der Waals surface area contributed by atoms with Crippen molar-refractivity contribution < 1.29 is 14.3 Å². The van der Waals surface area contributed by atoms with Gasteiger partial charge in [-0.25, -0.2) is 4.98 Å². The molecule has 7 nitrogen and oxygen atoms in total. The Morgan fingerprint density at radius 3 is 2.55 bits per heavy atom. The molecular weight excluding hydrogens is 392 g/mol. The third-order valence-corrected chi connectivity index (χ3v) is 6.72. The third kappa shape index (κ3) is 4.48. The Morgan fingerprint density at radius 1 is 1.16 bits per heavy atom. The van der Waals surface area contributed by atoms with E-state index in [1.165, 1.54) is 5.56 Å². The topological polar surface area (TPSA) is 59.8 Å². The fourth-order valence-corrected chi connectivity index (χ4v) is 5.16. The number of carbonyl (C=O) groups excluding carboxylic acids is 1. The van der Waals surface area contributed by atoms with Crippen LogP contribution < -0.4 is 4.74 Å². The summed E-state index contributed by atoms with van der Waals surface area (Å²) in [4.78, 5) is 21.0. The quantitative estimate of drug-likeness (QED) is 0.608. The number of ether oxygens (including phenoxy) is 2. The molecule has 2 aliphatic heterocycles. The minimum atomic E-state index is -0.258. The summed E-state index contributed by atoms with van der Waals surface area (Å²) in [5, 5.41) is 0. The number of rotatable bonds is 8. The average Bonchev–Trinajstić information content (AvgIpc) is 3.26. The predicted molar refractivity (Wildman–Crippen MR) is 119 cm³/mol. The number of nitrogens with zero attached hydrogens (tertiary/aromatic N) is 4. The summed E-state index contributed by atoms with van der Waals surface area (Å²) >= 11 is 0. The Hall–Kier alpha value is -2.38. The van der Waals surface area contributed by atoms with Gasteiger partial charge in [-0.05, 0) is 63.4 Å². The van der Waals surface area contributed by atoms with E-state index in [0.29, 0.717) is 5.92 Å². The normalized spacial score (nSPS) is 22.7. The van der Waals surface area contributed by atoms with E-state index in [9.17, 15) is 4.79 Å². The molecule has 1 aromatic heterocycles. The van der Waals surface area contributed by atoms with Crippen molar-refractivity contribution in [1.82, 2.24) is 19.4 Å². The summed E-state index contributed by atoms with van der Waals surface area (Å²) in [6, 6.07) is 6.93. The molecule has 3 heterocycles. The number of hydrogen-bond donors (Lipinski definition) is 0. The van der Waals surface area contributed by atoms with Crippen molar-refractivity contribution in [2.75, 3.05) is 27.3 Å². The predicted octanol–water partition coefficient (Wildman–Crippen LogP) is 2.79. The number of carbonyl (C=O) groups is 1. The maximum atomic E-state index is 12.4. The number of imidazole rings is 1. The summed E-state index contributed by atoms with van der Waals surface area (Å²) in [6.07, 6.45) is 7.53. The molecule has 0 unspecified atom stereocenters. The van der Waals surface area contributed by atoms with Gasteiger partial charge in [-0.1, -0.05) is 6.07 Å². The summed E-state index contributed by atoms with van der Waals surface area (Å²) < 4.78 is 13.1. The lowest BCUT2D eigenvalue weighted by Crippen LogP contribution is -2.70. The van der Waals surface area contributed by atoms with E-state index in [1.54, 1.807) is 20.4 Å². The van der Waals surface area contributed by atoms with Gasteiger partial charge in [0.05, 0.1) is 26.0 Å². The highest BCUT2D eigenvalue weighted by molar-refractivity contribution is 5.88. The summed E-state index contributed by atoms with van der Waals surface area (Å²) in [6.45, 7) is 7.95. The van der Waals surface area contributed by atoms with Crippen LogP contribution in [0.5, 0.6) is 5.75 Å². The maximum absolute atomic E-state index is 12.4. The van der Waals surface area contributed by atoms with Crippen LogP contribution in [0.15, 0.2) is 36.9 Å². The number of methoxy groups -OCH3 is 2. The summed E-state index contributed by atoms with van der Waals surface area (Å²) in [7, 11) is 3.38. The van der Waals surface area contributed by atoms with Crippen LogP contribution in [0, 0.1) is 5.92 Å². The zero-order valence-electron chi connectivity index (χ0n) is 19.0. The number of amides is 1. The van der Waals surface area contributed by atoms with E-state index in [-0.39, 0.29) is 24.1 Å². The van der Waals surface area contributed by atoms with Crippen LogP contribution >= 0.6 is 0 Å². The molecule has 7 heteroatoms. The highest BCUT2D eigenvalue weighted by Crippen LogP contribution is 2.36. The minimum absolute atomic E-state index is 0.147. The van der Waals surface area contributed by atoms with Crippen molar-refractivity contribution in [3.8, 4) is 5.75 Å². The average molecular weight is 427 g/mol. The van der Waals surface area contributed by atoms with E-state index in [4.69, 9.17) is 9.47 Å². The van der Waals surface area contributed by atoms with Crippen LogP contribution in [-0.2, 0) is 22.6 Å². The first kappa shape index (κ1) is 21.8. The highest BCUT2D eigenvalue weighted by Gasteiger charge is 2.52. The van der Waals surface area contributed by atoms with Gasteiger partial charge in [0.2, 0.25) is 0 Å². The Morgan fingerprint density at radius 2 is 1.94 bits per heavy atom. The monoisotopic (exact) mass is 426 g/mol. The van der Waals surface area contributed by atoms with Crippen LogP contribution in [0.2, 0.25) is 0 Å². The smallest absolute Gasteiger partial charge is 0.254 e. The zero-order chi connectivity index (χ0) is 22.0. The number of hydrogen-bond acceptors (Lipinski definition) is 5. The lowest BCUT2D eigenvalue weighted by atomic mass is 9.79. The molecule has 0 radical (unpaired) electrons. The van der Waals surface area contributed by atoms with E-state index in [1.807, 2.05) is 17.4 Å². The van der Waals surface area contributed by atoms with E-state index >= 15 is 0 Å². The van der Waals surface area contributed by atoms with Crippen molar-refractivity contribution >= 4 is 5.91 Å². The molecular formula is C24H34N4O3. The fraction of sp³-hybridized carbons (Fsp3) is 0.583. The van der Waals surface area contributed by atoms with Gasteiger partial charge in [0.25, 0.3) is 5.91 Å². The van der Waals surface area contributed by atoms with Gasteiger partial charge in [-0.3, -0.25) is 9.69 Å². The first-order valence-electron chi connectivity index (χ1n) is 11.2. The van der Waals surface area contributed by atoms with E-state index < -0.39 is 0 Å². The lowest BCUT2D eigenvalue weighted by molar-refractivity contribution is -0.181. The summed E-state index contributed by atoms with van der Waals surface area (Å²) in [5.74, 6) is 1.56. The molecule has 2 atom stereocenters. The van der Waals surface area contributed by atoms with Gasteiger partial charge in [-0.2, -0.15) is 0 Å². The van der Waals surface area contributed by atoms with Gasteiger partial charge in [0, 0.05) is 37.7 Å². The van der Waals surface area contributed by atoms with Crippen LogP contribution in [-0.4, -0.2) is 70.8 Å². The Balaban J connectivity index is 1.37. The molecule has 0 bridgehead atoms. The van der Waals surface area contributed by atoms with Crippen molar-refractivity contribution in [3.63, 3.8) is 0 Å². The molecule has 2 saturated heterocycles. The Kier molecular flexibility index (Phi) is 6.62. The van der Waals surface area contributed by atoms with Gasteiger partial charge in [0.1, 0.15) is 5.75 Å². The lowest BCUT2D eigenvalue weighted by Gasteiger charge is -2.53. The number of aromatic nitrogens is 2. The number of benzene rings is 1. The molecule has 0 saturated carbocycles. The minimum Gasteiger partial charge on any atom is -0.496 e. The molecule has 168 valence electrons. The zero-order valence-corrected chi connectivity index (χ0v) is 19.0. The molecule has 0 N–H and O–H groups in total. The van der Waals surface area contributed by atoms with Crippen LogP contribution in [0.1, 0.15) is 37.8 Å². The first-order chi connectivity index (χ1) is 15.0. The van der Waals surface area contributed by atoms with Gasteiger partial charge in [-0.15, -0.1) is 0 Å². The van der Waals surface area contributed by atoms with Crippen LogP contribution in [0.25, 0.3) is 0 Å². The molecule has 1 aromatic carbocycles. The standard InChI is InChI=1S/C24H34N4O3/c1-17(2)28-22(23(31-4)24(28)29)19-7-10-26(11-8-19)14-18-5-6-21(30-3)20(13-18)15-27-12-9-25-16-27/h5-6,9,12-13,16-17,19,22-23H,7-8,10-11,14-15H2,1-4H3/t22-,23+/m0/s1.